The van der Waals surface area contributed by atoms with Crippen LogP contribution >= 0.6 is 0 Å². The van der Waals surface area contributed by atoms with Crippen molar-refractivity contribution in [1.82, 2.24) is 10.3 Å². The van der Waals surface area contributed by atoms with Gasteiger partial charge in [0.1, 0.15) is 11.6 Å². The number of nitrogens with one attached hydrogen (secondary N) is 2. The number of furan rings is 1. The molecule has 0 radical (unpaired) electrons. The molecule has 0 aliphatic carbocycles. The standard InChI is InChI=1S/C13H13N3O3/c1-9(17)16-12-7-10(4-5-14-12)13(18)15-8-11-3-2-6-19-11/h2-7H,8H2,1H3,(H,15,18)(H,14,16,17). The summed E-state index contributed by atoms with van der Waals surface area (Å²) < 4.78 is 5.11. The third kappa shape index (κ3) is 3.67. The predicted octanol–water partition coefficient (Wildman–Crippen LogP) is 1.56. The van der Waals surface area contributed by atoms with Crippen molar-refractivity contribution in [3.05, 3.63) is 48.0 Å². The molecule has 0 aliphatic rings. The van der Waals surface area contributed by atoms with E-state index in [1.54, 1.807) is 24.5 Å². The largest absolute Gasteiger partial charge is 0.467 e. The van der Waals surface area contributed by atoms with Crippen molar-refractivity contribution in [2.75, 3.05) is 5.32 Å². The van der Waals surface area contributed by atoms with Crippen molar-refractivity contribution >= 4 is 17.6 Å². The second kappa shape index (κ2) is 5.81. The number of pyridine rings is 1. The van der Waals surface area contributed by atoms with E-state index >= 15 is 0 Å². The Morgan fingerprint density at radius 3 is 2.89 bits per heavy atom. The summed E-state index contributed by atoms with van der Waals surface area (Å²) in [6, 6.07) is 6.61. The van der Waals surface area contributed by atoms with Gasteiger partial charge in [-0.2, -0.15) is 0 Å². The number of carbonyl (C=O) groups is 2. The number of aromatic nitrogens is 1. The molecule has 0 atom stereocenters. The molecule has 2 N–H and O–H groups in total. The maximum absolute atomic E-state index is 11.9. The Bertz CT molecular complexity index is 579. The topological polar surface area (TPSA) is 84.2 Å². The maximum Gasteiger partial charge on any atom is 0.251 e. The summed E-state index contributed by atoms with van der Waals surface area (Å²) in [5, 5.41) is 5.23. The highest BCUT2D eigenvalue weighted by Crippen LogP contribution is 2.07. The molecule has 6 nitrogen and oxygen atoms in total. The Morgan fingerprint density at radius 2 is 2.21 bits per heavy atom. The molecule has 2 aromatic heterocycles. The van der Waals surface area contributed by atoms with Gasteiger partial charge in [-0.3, -0.25) is 9.59 Å². The summed E-state index contributed by atoms with van der Waals surface area (Å²) in [6.45, 7) is 1.69. The molecule has 2 aromatic rings. The van der Waals surface area contributed by atoms with Gasteiger partial charge in [-0.1, -0.05) is 0 Å². The van der Waals surface area contributed by atoms with E-state index < -0.39 is 0 Å². The lowest BCUT2D eigenvalue weighted by Gasteiger charge is -2.05. The van der Waals surface area contributed by atoms with Gasteiger partial charge in [0.05, 0.1) is 12.8 Å². The quantitative estimate of drug-likeness (QED) is 0.872. The van der Waals surface area contributed by atoms with Crippen LogP contribution < -0.4 is 10.6 Å². The molecule has 0 spiro atoms. The van der Waals surface area contributed by atoms with Crippen LogP contribution in [0.1, 0.15) is 23.0 Å². The van der Waals surface area contributed by atoms with Crippen LogP contribution in [0, 0.1) is 0 Å². The van der Waals surface area contributed by atoms with Gasteiger partial charge < -0.3 is 15.1 Å². The summed E-state index contributed by atoms with van der Waals surface area (Å²) in [5.41, 5.74) is 0.422. The average molecular weight is 259 g/mol. The van der Waals surface area contributed by atoms with Crippen molar-refractivity contribution in [2.24, 2.45) is 0 Å². The fraction of sp³-hybridized carbons (Fsp3) is 0.154. The highest BCUT2D eigenvalue weighted by molar-refractivity contribution is 5.96. The van der Waals surface area contributed by atoms with Crippen LogP contribution in [0.5, 0.6) is 0 Å². The summed E-state index contributed by atoms with van der Waals surface area (Å²) in [5.74, 6) is 0.522. The van der Waals surface area contributed by atoms with Crippen molar-refractivity contribution < 1.29 is 14.0 Å². The molecule has 0 aliphatic heterocycles. The lowest BCUT2D eigenvalue weighted by atomic mass is 10.2. The van der Waals surface area contributed by atoms with Gasteiger partial charge in [-0.05, 0) is 24.3 Å². The summed E-state index contributed by atoms with van der Waals surface area (Å²) in [7, 11) is 0. The Balaban J connectivity index is 2.00. The predicted molar refractivity (Wildman–Crippen MR) is 68.4 cm³/mol. The molecule has 2 heterocycles. The van der Waals surface area contributed by atoms with Crippen molar-refractivity contribution in [3.63, 3.8) is 0 Å². The van der Waals surface area contributed by atoms with Crippen molar-refractivity contribution in [1.29, 1.82) is 0 Å². The first-order chi connectivity index (χ1) is 9.15. The van der Waals surface area contributed by atoms with Gasteiger partial charge >= 0.3 is 0 Å². The third-order valence-electron chi connectivity index (χ3n) is 2.33. The van der Waals surface area contributed by atoms with Crippen LogP contribution in [0.15, 0.2) is 41.1 Å². The first-order valence-electron chi connectivity index (χ1n) is 5.69. The highest BCUT2D eigenvalue weighted by atomic mass is 16.3. The Morgan fingerprint density at radius 1 is 1.37 bits per heavy atom. The first-order valence-corrected chi connectivity index (χ1v) is 5.69. The Labute approximate surface area is 109 Å². The van der Waals surface area contributed by atoms with E-state index in [1.165, 1.54) is 19.2 Å². The molecule has 0 bridgehead atoms. The third-order valence-corrected chi connectivity index (χ3v) is 2.33. The molecule has 0 aromatic carbocycles. The minimum Gasteiger partial charge on any atom is -0.467 e. The van der Waals surface area contributed by atoms with Gasteiger partial charge in [-0.15, -0.1) is 0 Å². The SMILES string of the molecule is CC(=O)Nc1cc(C(=O)NCc2ccco2)ccn1. The Kier molecular flexibility index (Phi) is 3.92. The number of nitrogens with zero attached hydrogens (tertiary/aromatic N) is 1. The molecule has 0 saturated carbocycles. The van der Waals surface area contributed by atoms with E-state index in [0.717, 1.165) is 0 Å². The van der Waals surface area contributed by atoms with E-state index in [9.17, 15) is 9.59 Å². The number of anilines is 1. The average Bonchev–Trinajstić information content (AvgIpc) is 2.88. The molecule has 6 heteroatoms. The minimum atomic E-state index is -0.259. The summed E-state index contributed by atoms with van der Waals surface area (Å²) in [4.78, 5) is 26.7. The number of rotatable bonds is 4. The molecule has 0 fully saturated rings. The smallest absolute Gasteiger partial charge is 0.251 e. The number of hydrogen-bond acceptors (Lipinski definition) is 4. The van der Waals surface area contributed by atoms with Gasteiger partial charge in [0, 0.05) is 18.7 Å². The molecular weight excluding hydrogens is 246 g/mol. The fourth-order valence-electron chi connectivity index (χ4n) is 1.50. The number of amides is 2. The molecular formula is C13H13N3O3. The normalized spacial score (nSPS) is 9.95. The van der Waals surface area contributed by atoms with Crippen LogP contribution in [-0.2, 0) is 11.3 Å². The second-order valence-corrected chi connectivity index (χ2v) is 3.87. The molecule has 19 heavy (non-hydrogen) atoms. The number of carbonyl (C=O) groups excluding carboxylic acids is 2. The van der Waals surface area contributed by atoms with Gasteiger partial charge in [0.15, 0.2) is 0 Å². The van der Waals surface area contributed by atoms with Crippen LogP contribution in [0.4, 0.5) is 5.82 Å². The van der Waals surface area contributed by atoms with Gasteiger partial charge in [0.2, 0.25) is 5.91 Å². The molecule has 98 valence electrons. The highest BCUT2D eigenvalue weighted by Gasteiger charge is 2.08. The number of hydrogen-bond donors (Lipinski definition) is 2. The van der Waals surface area contributed by atoms with E-state index in [0.29, 0.717) is 23.7 Å². The monoisotopic (exact) mass is 259 g/mol. The van der Waals surface area contributed by atoms with Crippen molar-refractivity contribution in [2.45, 2.75) is 13.5 Å². The van der Waals surface area contributed by atoms with Gasteiger partial charge in [0.25, 0.3) is 5.91 Å². The Hall–Kier alpha value is -2.63. The summed E-state index contributed by atoms with van der Waals surface area (Å²) >= 11 is 0. The van der Waals surface area contributed by atoms with Crippen LogP contribution in [0.3, 0.4) is 0 Å². The summed E-state index contributed by atoms with van der Waals surface area (Å²) in [6.07, 6.45) is 3.01. The van der Waals surface area contributed by atoms with Gasteiger partial charge in [-0.25, -0.2) is 4.98 Å². The first kappa shape index (κ1) is 12.8. The van der Waals surface area contributed by atoms with Crippen LogP contribution in [-0.4, -0.2) is 16.8 Å². The van der Waals surface area contributed by atoms with Crippen LogP contribution in [0.25, 0.3) is 0 Å². The van der Waals surface area contributed by atoms with Crippen molar-refractivity contribution in [3.8, 4) is 0 Å². The van der Waals surface area contributed by atoms with E-state index in [2.05, 4.69) is 15.6 Å². The molecule has 2 rings (SSSR count). The molecule has 2 amide bonds. The molecule has 0 saturated heterocycles. The minimum absolute atomic E-state index is 0.236. The van der Waals surface area contributed by atoms with E-state index in [1.807, 2.05) is 0 Å². The second-order valence-electron chi connectivity index (χ2n) is 3.87. The van der Waals surface area contributed by atoms with E-state index in [-0.39, 0.29) is 11.8 Å². The molecule has 0 unspecified atom stereocenters. The lowest BCUT2D eigenvalue weighted by Crippen LogP contribution is -2.22. The zero-order valence-electron chi connectivity index (χ0n) is 10.3. The lowest BCUT2D eigenvalue weighted by molar-refractivity contribution is -0.114. The maximum atomic E-state index is 11.9. The van der Waals surface area contributed by atoms with E-state index in [4.69, 9.17) is 4.42 Å². The zero-order valence-corrected chi connectivity index (χ0v) is 10.3. The fourth-order valence-corrected chi connectivity index (χ4v) is 1.50. The van der Waals surface area contributed by atoms with Crippen LogP contribution in [0.2, 0.25) is 0 Å². The zero-order chi connectivity index (χ0) is 13.7.